The first-order chi connectivity index (χ1) is 12.6. The quantitative estimate of drug-likeness (QED) is 0.867. The van der Waals surface area contributed by atoms with Crippen LogP contribution < -0.4 is 5.32 Å². The lowest BCUT2D eigenvalue weighted by atomic mass is 10.0. The fourth-order valence-electron chi connectivity index (χ4n) is 3.13. The summed E-state index contributed by atoms with van der Waals surface area (Å²) in [6.45, 7) is 5.30. The van der Waals surface area contributed by atoms with Gasteiger partial charge in [0.1, 0.15) is 5.82 Å². The molecule has 0 spiro atoms. The van der Waals surface area contributed by atoms with E-state index in [0.29, 0.717) is 19.8 Å². The predicted octanol–water partition coefficient (Wildman–Crippen LogP) is 3.59. The molecule has 0 bridgehead atoms. The van der Waals surface area contributed by atoms with Gasteiger partial charge in [-0.1, -0.05) is 47.5 Å². The summed E-state index contributed by atoms with van der Waals surface area (Å²) in [6, 6.07) is 12.5. The van der Waals surface area contributed by atoms with Crippen LogP contribution in [0.2, 0.25) is 5.02 Å². The van der Waals surface area contributed by atoms with Crippen molar-refractivity contribution in [3.05, 3.63) is 70.0 Å². The molecule has 4 nitrogen and oxygen atoms in total. The van der Waals surface area contributed by atoms with Crippen molar-refractivity contribution in [1.29, 1.82) is 0 Å². The molecule has 1 fully saturated rings. The molecule has 3 rings (SSSR count). The van der Waals surface area contributed by atoms with Gasteiger partial charge in [-0.05, 0) is 24.6 Å². The molecule has 0 aliphatic carbocycles. The number of nitrogens with one attached hydrogen (secondary N) is 1. The molecule has 6 heteroatoms. The first-order valence-electron chi connectivity index (χ1n) is 8.67. The Hall–Kier alpha value is -1.95. The highest BCUT2D eigenvalue weighted by Crippen LogP contribution is 2.23. The number of aryl methyl sites for hydroxylation is 1. The standard InChI is InChI=1S/C20H22ClFN2O2/c1-14-5-7-15(8-6-14)18(24-9-11-26-12-10-24)13-23-20(25)19-16(21)3-2-4-17(19)22/h2-8,18H,9-13H2,1H3,(H,23,25). The topological polar surface area (TPSA) is 41.6 Å². The maximum absolute atomic E-state index is 14.0. The molecular weight excluding hydrogens is 355 g/mol. The molecule has 0 aromatic heterocycles. The summed E-state index contributed by atoms with van der Waals surface area (Å²) in [6.07, 6.45) is 0. The van der Waals surface area contributed by atoms with E-state index >= 15 is 0 Å². The predicted molar refractivity (Wildman–Crippen MR) is 100 cm³/mol. The van der Waals surface area contributed by atoms with Crippen LogP contribution in [0.15, 0.2) is 42.5 Å². The molecule has 1 saturated heterocycles. The van der Waals surface area contributed by atoms with Crippen LogP contribution in [0.3, 0.4) is 0 Å². The number of amides is 1. The molecule has 1 N–H and O–H groups in total. The number of hydrogen-bond donors (Lipinski definition) is 1. The molecule has 2 aromatic carbocycles. The van der Waals surface area contributed by atoms with Crippen molar-refractivity contribution in [2.75, 3.05) is 32.8 Å². The number of morpholine rings is 1. The Bertz CT molecular complexity index is 741. The van der Waals surface area contributed by atoms with Gasteiger partial charge in [0.2, 0.25) is 0 Å². The van der Waals surface area contributed by atoms with Gasteiger partial charge >= 0.3 is 0 Å². The van der Waals surface area contributed by atoms with E-state index < -0.39 is 11.7 Å². The van der Waals surface area contributed by atoms with Crippen molar-refractivity contribution in [3.63, 3.8) is 0 Å². The van der Waals surface area contributed by atoms with Crippen LogP contribution in [-0.4, -0.2) is 43.7 Å². The van der Waals surface area contributed by atoms with Gasteiger partial charge in [0, 0.05) is 19.6 Å². The van der Waals surface area contributed by atoms with E-state index in [4.69, 9.17) is 16.3 Å². The molecule has 2 aromatic rings. The molecule has 0 saturated carbocycles. The number of benzene rings is 2. The maximum Gasteiger partial charge on any atom is 0.255 e. The van der Waals surface area contributed by atoms with Crippen molar-refractivity contribution in [3.8, 4) is 0 Å². The van der Waals surface area contributed by atoms with Crippen LogP contribution in [0.5, 0.6) is 0 Å². The fourth-order valence-corrected chi connectivity index (χ4v) is 3.38. The molecule has 1 aliphatic heterocycles. The average molecular weight is 377 g/mol. The zero-order valence-electron chi connectivity index (χ0n) is 14.7. The Morgan fingerprint density at radius 2 is 1.92 bits per heavy atom. The molecular formula is C20H22ClFN2O2. The first kappa shape index (κ1) is 18.8. The summed E-state index contributed by atoms with van der Waals surface area (Å²) < 4.78 is 19.4. The van der Waals surface area contributed by atoms with Crippen molar-refractivity contribution < 1.29 is 13.9 Å². The summed E-state index contributed by atoms with van der Waals surface area (Å²) in [5.41, 5.74) is 2.17. The van der Waals surface area contributed by atoms with Crippen molar-refractivity contribution in [2.45, 2.75) is 13.0 Å². The minimum absolute atomic E-state index is 0.00556. The van der Waals surface area contributed by atoms with Crippen LogP contribution in [0.25, 0.3) is 0 Å². The van der Waals surface area contributed by atoms with E-state index in [1.165, 1.54) is 23.8 Å². The Balaban J connectivity index is 1.77. The minimum Gasteiger partial charge on any atom is -0.379 e. The number of nitrogens with zero attached hydrogens (tertiary/aromatic N) is 1. The summed E-state index contributed by atoms with van der Waals surface area (Å²) >= 11 is 6.00. The number of rotatable bonds is 5. The molecule has 0 radical (unpaired) electrons. The van der Waals surface area contributed by atoms with Crippen molar-refractivity contribution >= 4 is 17.5 Å². The normalized spacial score (nSPS) is 16.3. The Morgan fingerprint density at radius 1 is 1.23 bits per heavy atom. The second kappa shape index (κ2) is 8.62. The second-order valence-corrected chi connectivity index (χ2v) is 6.79. The minimum atomic E-state index is -0.617. The molecule has 1 amide bonds. The smallest absolute Gasteiger partial charge is 0.255 e. The number of carbonyl (C=O) groups is 1. The third-order valence-corrected chi connectivity index (χ3v) is 4.91. The van der Waals surface area contributed by atoms with Gasteiger partial charge in [-0.3, -0.25) is 9.69 Å². The molecule has 1 unspecified atom stereocenters. The lowest BCUT2D eigenvalue weighted by Gasteiger charge is -2.35. The highest BCUT2D eigenvalue weighted by atomic mass is 35.5. The zero-order valence-corrected chi connectivity index (χ0v) is 15.4. The van der Waals surface area contributed by atoms with E-state index in [-0.39, 0.29) is 16.6 Å². The highest BCUT2D eigenvalue weighted by Gasteiger charge is 2.24. The molecule has 1 heterocycles. The number of halogens is 2. The van der Waals surface area contributed by atoms with Crippen molar-refractivity contribution in [1.82, 2.24) is 10.2 Å². The summed E-state index contributed by atoms with van der Waals surface area (Å²) in [7, 11) is 0. The Kier molecular flexibility index (Phi) is 6.25. The Labute approximate surface area is 157 Å². The molecule has 26 heavy (non-hydrogen) atoms. The maximum atomic E-state index is 14.0. The summed E-state index contributed by atoms with van der Waals surface area (Å²) in [5.74, 6) is -1.12. The van der Waals surface area contributed by atoms with E-state index in [1.807, 2.05) is 6.92 Å². The highest BCUT2D eigenvalue weighted by molar-refractivity contribution is 6.33. The van der Waals surface area contributed by atoms with Crippen LogP contribution in [0.4, 0.5) is 4.39 Å². The molecule has 1 atom stereocenters. The first-order valence-corrected chi connectivity index (χ1v) is 9.04. The third kappa shape index (κ3) is 4.41. The SMILES string of the molecule is Cc1ccc(C(CNC(=O)c2c(F)cccc2Cl)N2CCOCC2)cc1. The zero-order chi connectivity index (χ0) is 18.5. The number of ether oxygens (including phenoxy) is 1. The van der Waals surface area contributed by atoms with E-state index in [1.54, 1.807) is 0 Å². The van der Waals surface area contributed by atoms with Gasteiger partial charge in [-0.15, -0.1) is 0 Å². The summed E-state index contributed by atoms with van der Waals surface area (Å²) in [4.78, 5) is 14.8. The van der Waals surface area contributed by atoms with E-state index in [2.05, 4.69) is 34.5 Å². The van der Waals surface area contributed by atoms with Gasteiger partial charge in [0.15, 0.2) is 0 Å². The lowest BCUT2D eigenvalue weighted by molar-refractivity contribution is 0.0162. The van der Waals surface area contributed by atoms with Gasteiger partial charge in [0.05, 0.1) is 29.8 Å². The van der Waals surface area contributed by atoms with Gasteiger partial charge in [-0.25, -0.2) is 4.39 Å². The Morgan fingerprint density at radius 3 is 2.58 bits per heavy atom. The monoisotopic (exact) mass is 376 g/mol. The van der Waals surface area contributed by atoms with Gasteiger partial charge in [-0.2, -0.15) is 0 Å². The van der Waals surface area contributed by atoms with Crippen LogP contribution in [0, 0.1) is 12.7 Å². The van der Waals surface area contributed by atoms with Crippen LogP contribution in [-0.2, 0) is 4.74 Å². The summed E-state index contributed by atoms with van der Waals surface area (Å²) in [5, 5.41) is 2.96. The number of carbonyl (C=O) groups excluding carboxylic acids is 1. The fraction of sp³-hybridized carbons (Fsp3) is 0.350. The largest absolute Gasteiger partial charge is 0.379 e. The lowest BCUT2D eigenvalue weighted by Crippen LogP contribution is -2.44. The molecule has 138 valence electrons. The molecule has 1 aliphatic rings. The van der Waals surface area contributed by atoms with Gasteiger partial charge in [0.25, 0.3) is 5.91 Å². The third-order valence-electron chi connectivity index (χ3n) is 4.59. The van der Waals surface area contributed by atoms with E-state index in [9.17, 15) is 9.18 Å². The average Bonchev–Trinajstić information content (AvgIpc) is 2.64. The van der Waals surface area contributed by atoms with Gasteiger partial charge < -0.3 is 10.1 Å². The number of hydrogen-bond acceptors (Lipinski definition) is 3. The second-order valence-electron chi connectivity index (χ2n) is 6.38. The van der Waals surface area contributed by atoms with E-state index in [0.717, 1.165) is 18.7 Å². The van der Waals surface area contributed by atoms with Crippen molar-refractivity contribution in [2.24, 2.45) is 0 Å². The van der Waals surface area contributed by atoms with Crippen LogP contribution >= 0.6 is 11.6 Å². The van der Waals surface area contributed by atoms with Crippen LogP contribution in [0.1, 0.15) is 27.5 Å².